The molecule has 0 radical (unpaired) electrons. The number of amides is 1. The molecule has 0 saturated heterocycles. The number of rotatable bonds is 3. The van der Waals surface area contributed by atoms with Crippen LogP contribution in [0.4, 0.5) is 0 Å². The molecule has 1 atom stereocenters. The highest BCUT2D eigenvalue weighted by Crippen LogP contribution is 2.36. The van der Waals surface area contributed by atoms with E-state index in [9.17, 15) is 9.90 Å². The molecular weight excluding hydrogens is 204 g/mol. The highest BCUT2D eigenvalue weighted by Gasteiger charge is 2.26. The second kappa shape index (κ2) is 4.14. The minimum Gasteiger partial charge on any atom is -0.508 e. The number of nitrogens with two attached hydrogens (primary N) is 1. The fourth-order valence-electron chi connectivity index (χ4n) is 2.40. The van der Waals surface area contributed by atoms with E-state index in [0.29, 0.717) is 5.75 Å². The molecule has 1 unspecified atom stereocenters. The third kappa shape index (κ3) is 2.02. The van der Waals surface area contributed by atoms with Crippen LogP contribution in [0.1, 0.15) is 23.6 Å². The zero-order valence-electron chi connectivity index (χ0n) is 9.31. The van der Waals surface area contributed by atoms with Crippen molar-refractivity contribution < 1.29 is 9.90 Å². The highest BCUT2D eigenvalue weighted by molar-refractivity contribution is 5.76. The van der Waals surface area contributed by atoms with Crippen LogP contribution in [0.3, 0.4) is 0 Å². The first-order valence-corrected chi connectivity index (χ1v) is 5.38. The maximum atomic E-state index is 10.9. The van der Waals surface area contributed by atoms with Gasteiger partial charge in [-0.2, -0.15) is 0 Å². The number of carbonyl (C=O) groups excluding carboxylic acids is 1. The summed E-state index contributed by atoms with van der Waals surface area (Å²) in [4.78, 5) is 12.8. The molecule has 0 aliphatic heterocycles. The van der Waals surface area contributed by atoms with Crippen molar-refractivity contribution in [2.24, 2.45) is 5.73 Å². The molecule has 3 N–H and O–H groups in total. The number of benzene rings is 1. The van der Waals surface area contributed by atoms with Crippen LogP contribution >= 0.6 is 0 Å². The highest BCUT2D eigenvalue weighted by atomic mass is 16.3. The molecule has 4 heteroatoms. The molecule has 1 aromatic carbocycles. The summed E-state index contributed by atoms with van der Waals surface area (Å²) in [5.41, 5.74) is 7.55. The third-order valence-corrected chi connectivity index (χ3v) is 3.11. The van der Waals surface area contributed by atoms with Crippen LogP contribution in [-0.2, 0) is 11.2 Å². The summed E-state index contributed by atoms with van der Waals surface area (Å²) in [5, 5.41) is 9.38. The number of aryl methyl sites for hydroxylation is 1. The van der Waals surface area contributed by atoms with Gasteiger partial charge in [-0.1, -0.05) is 6.07 Å². The normalized spacial score (nSPS) is 18.8. The summed E-state index contributed by atoms with van der Waals surface area (Å²) in [7, 11) is 1.90. The molecule has 1 amide bonds. The number of carbonyl (C=O) groups is 1. The summed E-state index contributed by atoms with van der Waals surface area (Å²) in [5.74, 6) is -0.00770. The molecule has 0 saturated carbocycles. The number of likely N-dealkylation sites (N-methyl/N-ethyl adjacent to an activating group) is 1. The Morgan fingerprint density at radius 2 is 2.38 bits per heavy atom. The van der Waals surface area contributed by atoms with Crippen LogP contribution in [-0.4, -0.2) is 29.5 Å². The molecule has 0 fully saturated rings. The van der Waals surface area contributed by atoms with Gasteiger partial charge in [0.2, 0.25) is 5.91 Å². The molecule has 0 heterocycles. The lowest BCUT2D eigenvalue weighted by Crippen LogP contribution is -2.32. The van der Waals surface area contributed by atoms with Gasteiger partial charge in [0.15, 0.2) is 0 Å². The van der Waals surface area contributed by atoms with Gasteiger partial charge in [0.25, 0.3) is 0 Å². The summed E-state index contributed by atoms with van der Waals surface area (Å²) in [6, 6.07) is 5.66. The van der Waals surface area contributed by atoms with Crippen molar-refractivity contribution in [3.05, 3.63) is 29.3 Å². The van der Waals surface area contributed by atoms with Gasteiger partial charge in [-0.05, 0) is 43.1 Å². The second-order valence-corrected chi connectivity index (χ2v) is 4.32. The summed E-state index contributed by atoms with van der Waals surface area (Å²) >= 11 is 0. The lowest BCUT2D eigenvalue weighted by Gasteiger charge is -2.23. The summed E-state index contributed by atoms with van der Waals surface area (Å²) in [6.07, 6.45) is 1.92. The topological polar surface area (TPSA) is 66.6 Å². The molecule has 0 aromatic heterocycles. The largest absolute Gasteiger partial charge is 0.508 e. The van der Waals surface area contributed by atoms with E-state index < -0.39 is 0 Å². The number of hydrogen-bond acceptors (Lipinski definition) is 3. The van der Waals surface area contributed by atoms with Gasteiger partial charge in [0.1, 0.15) is 5.75 Å². The average Bonchev–Trinajstić information content (AvgIpc) is 2.59. The second-order valence-electron chi connectivity index (χ2n) is 4.32. The monoisotopic (exact) mass is 220 g/mol. The van der Waals surface area contributed by atoms with Crippen molar-refractivity contribution >= 4 is 5.91 Å². The molecule has 1 aromatic rings. The standard InChI is InChI=1S/C12H16N2O2/c1-14(7-12(13)16)11-5-2-8-6-9(15)3-4-10(8)11/h3-4,6,11,15H,2,5,7H2,1H3,(H2,13,16). The van der Waals surface area contributed by atoms with Gasteiger partial charge in [-0.3, -0.25) is 9.69 Å². The van der Waals surface area contributed by atoms with Gasteiger partial charge in [-0.15, -0.1) is 0 Å². The van der Waals surface area contributed by atoms with Crippen LogP contribution in [0.15, 0.2) is 18.2 Å². The minimum absolute atomic E-state index is 0.239. The Balaban J connectivity index is 2.20. The van der Waals surface area contributed by atoms with Crippen LogP contribution in [0, 0.1) is 0 Å². The van der Waals surface area contributed by atoms with Gasteiger partial charge in [0.05, 0.1) is 6.54 Å². The first kappa shape index (κ1) is 11.0. The first-order valence-electron chi connectivity index (χ1n) is 5.38. The predicted octanol–water partition coefficient (Wildman–Crippen LogP) is 0.797. The molecular formula is C12H16N2O2. The Bertz CT molecular complexity index is 417. The molecule has 0 bridgehead atoms. The smallest absolute Gasteiger partial charge is 0.231 e. The fourth-order valence-corrected chi connectivity index (χ4v) is 2.40. The van der Waals surface area contributed by atoms with E-state index in [1.807, 2.05) is 18.0 Å². The fraction of sp³-hybridized carbons (Fsp3) is 0.417. The van der Waals surface area contributed by atoms with Gasteiger partial charge in [-0.25, -0.2) is 0 Å². The van der Waals surface area contributed by atoms with E-state index in [1.165, 1.54) is 11.1 Å². The predicted molar refractivity (Wildman–Crippen MR) is 61.0 cm³/mol. The van der Waals surface area contributed by atoms with Gasteiger partial charge < -0.3 is 10.8 Å². The van der Waals surface area contributed by atoms with E-state index in [-0.39, 0.29) is 18.5 Å². The number of phenolic OH excluding ortho intramolecular Hbond substituents is 1. The quantitative estimate of drug-likeness (QED) is 0.791. The van der Waals surface area contributed by atoms with Crippen molar-refractivity contribution in [2.45, 2.75) is 18.9 Å². The molecule has 16 heavy (non-hydrogen) atoms. The number of hydrogen-bond donors (Lipinski definition) is 2. The van der Waals surface area contributed by atoms with E-state index in [1.54, 1.807) is 12.1 Å². The molecule has 0 spiro atoms. The Morgan fingerprint density at radius 3 is 3.06 bits per heavy atom. The van der Waals surface area contributed by atoms with Crippen molar-refractivity contribution in [1.82, 2.24) is 4.90 Å². The number of primary amides is 1. The Kier molecular flexibility index (Phi) is 2.83. The minimum atomic E-state index is -0.310. The first-order chi connectivity index (χ1) is 7.58. The molecule has 4 nitrogen and oxygen atoms in total. The van der Waals surface area contributed by atoms with Crippen LogP contribution in [0.5, 0.6) is 5.75 Å². The molecule has 1 aliphatic rings. The van der Waals surface area contributed by atoms with E-state index in [0.717, 1.165) is 12.8 Å². The van der Waals surface area contributed by atoms with Crippen molar-refractivity contribution in [1.29, 1.82) is 0 Å². The number of fused-ring (bicyclic) bond motifs is 1. The van der Waals surface area contributed by atoms with Crippen molar-refractivity contribution in [3.8, 4) is 5.75 Å². The van der Waals surface area contributed by atoms with Crippen molar-refractivity contribution in [2.75, 3.05) is 13.6 Å². The number of aromatic hydroxyl groups is 1. The Hall–Kier alpha value is -1.55. The Labute approximate surface area is 94.7 Å². The van der Waals surface area contributed by atoms with Gasteiger partial charge >= 0.3 is 0 Å². The van der Waals surface area contributed by atoms with Crippen LogP contribution in [0.2, 0.25) is 0 Å². The third-order valence-electron chi connectivity index (χ3n) is 3.11. The van der Waals surface area contributed by atoms with Gasteiger partial charge in [0, 0.05) is 6.04 Å². The van der Waals surface area contributed by atoms with E-state index >= 15 is 0 Å². The molecule has 1 aliphatic carbocycles. The number of nitrogens with zero attached hydrogens (tertiary/aromatic N) is 1. The van der Waals surface area contributed by atoms with E-state index in [4.69, 9.17) is 5.73 Å². The molecule has 2 rings (SSSR count). The van der Waals surface area contributed by atoms with Crippen LogP contribution in [0.25, 0.3) is 0 Å². The van der Waals surface area contributed by atoms with E-state index in [2.05, 4.69) is 0 Å². The zero-order valence-corrected chi connectivity index (χ0v) is 9.31. The average molecular weight is 220 g/mol. The maximum absolute atomic E-state index is 10.9. The summed E-state index contributed by atoms with van der Waals surface area (Å²) < 4.78 is 0. The molecule has 86 valence electrons. The SMILES string of the molecule is CN(CC(N)=O)C1CCc2cc(O)ccc21. The maximum Gasteiger partial charge on any atom is 0.231 e. The Morgan fingerprint density at radius 1 is 1.62 bits per heavy atom. The zero-order chi connectivity index (χ0) is 11.7. The van der Waals surface area contributed by atoms with Crippen molar-refractivity contribution in [3.63, 3.8) is 0 Å². The lowest BCUT2D eigenvalue weighted by molar-refractivity contribution is -0.119. The summed E-state index contributed by atoms with van der Waals surface area (Å²) in [6.45, 7) is 0.269. The van der Waals surface area contributed by atoms with Crippen LogP contribution < -0.4 is 5.73 Å². The lowest BCUT2D eigenvalue weighted by atomic mass is 10.1. The number of phenols is 1.